The molecule has 0 unspecified atom stereocenters. The molecular formula is C17H19ClN2O. The molecule has 0 spiro atoms. The molecule has 0 aliphatic rings. The Bertz CT molecular complexity index is 628. The number of hydrogen-bond acceptors (Lipinski definition) is 2. The van der Waals surface area contributed by atoms with Gasteiger partial charge in [-0.1, -0.05) is 35.9 Å². The van der Waals surface area contributed by atoms with E-state index in [2.05, 4.69) is 10.6 Å². The summed E-state index contributed by atoms with van der Waals surface area (Å²) in [5.41, 5.74) is 3.00. The van der Waals surface area contributed by atoms with Gasteiger partial charge in [0.1, 0.15) is 0 Å². The van der Waals surface area contributed by atoms with Crippen LogP contribution in [0.25, 0.3) is 0 Å². The average molecular weight is 303 g/mol. The second-order valence-electron chi connectivity index (χ2n) is 5.08. The van der Waals surface area contributed by atoms with Gasteiger partial charge in [-0.05, 0) is 49.2 Å². The summed E-state index contributed by atoms with van der Waals surface area (Å²) in [5, 5.41) is 6.76. The van der Waals surface area contributed by atoms with Gasteiger partial charge in [0.05, 0.1) is 6.54 Å². The first-order valence-electron chi connectivity index (χ1n) is 6.90. The first-order valence-corrected chi connectivity index (χ1v) is 7.28. The molecule has 0 saturated carbocycles. The topological polar surface area (TPSA) is 41.1 Å². The summed E-state index contributed by atoms with van der Waals surface area (Å²) >= 11 is 5.97. The van der Waals surface area contributed by atoms with Gasteiger partial charge in [-0.2, -0.15) is 0 Å². The number of amides is 1. The zero-order valence-electron chi connectivity index (χ0n) is 12.2. The summed E-state index contributed by atoms with van der Waals surface area (Å²) in [7, 11) is 0. The van der Waals surface area contributed by atoms with Crippen LogP contribution in [-0.2, 0) is 4.79 Å². The Balaban J connectivity index is 1.86. The van der Waals surface area contributed by atoms with Crippen molar-refractivity contribution in [3.05, 3.63) is 64.7 Å². The highest BCUT2D eigenvalue weighted by molar-refractivity contribution is 6.30. The summed E-state index contributed by atoms with van der Waals surface area (Å²) in [4.78, 5) is 11.9. The lowest BCUT2D eigenvalue weighted by Crippen LogP contribution is -2.30. The van der Waals surface area contributed by atoms with E-state index in [1.54, 1.807) is 0 Å². The number of benzene rings is 2. The van der Waals surface area contributed by atoms with Gasteiger partial charge in [-0.3, -0.25) is 4.79 Å². The van der Waals surface area contributed by atoms with E-state index in [1.807, 2.05) is 62.4 Å². The predicted molar refractivity (Wildman–Crippen MR) is 87.7 cm³/mol. The molecule has 2 aromatic rings. The minimum absolute atomic E-state index is 0.0607. The fourth-order valence-corrected chi connectivity index (χ4v) is 2.27. The monoisotopic (exact) mass is 302 g/mol. The lowest BCUT2D eigenvalue weighted by molar-refractivity contribution is -0.115. The highest BCUT2D eigenvalue weighted by Crippen LogP contribution is 2.17. The maximum atomic E-state index is 11.9. The first kappa shape index (κ1) is 15.5. The van der Waals surface area contributed by atoms with E-state index < -0.39 is 0 Å². The average Bonchev–Trinajstić information content (AvgIpc) is 2.45. The number of carbonyl (C=O) groups is 1. The fraction of sp³-hybridized carbons (Fsp3) is 0.235. The van der Waals surface area contributed by atoms with Crippen molar-refractivity contribution in [1.29, 1.82) is 0 Å². The van der Waals surface area contributed by atoms with Crippen LogP contribution in [0.15, 0.2) is 48.5 Å². The summed E-state index contributed by atoms with van der Waals surface area (Å²) in [6, 6.07) is 15.4. The van der Waals surface area contributed by atoms with E-state index in [0.717, 1.165) is 16.8 Å². The molecule has 0 saturated heterocycles. The van der Waals surface area contributed by atoms with Crippen LogP contribution in [0.5, 0.6) is 0 Å². The maximum absolute atomic E-state index is 11.9. The molecular weight excluding hydrogens is 284 g/mol. The van der Waals surface area contributed by atoms with Gasteiger partial charge in [0.15, 0.2) is 0 Å². The van der Waals surface area contributed by atoms with E-state index in [0.29, 0.717) is 5.02 Å². The third-order valence-electron chi connectivity index (χ3n) is 3.22. The van der Waals surface area contributed by atoms with Gasteiger partial charge in [-0.15, -0.1) is 0 Å². The molecule has 110 valence electrons. The molecule has 1 atom stereocenters. The molecule has 0 fully saturated rings. The highest BCUT2D eigenvalue weighted by atomic mass is 35.5. The van der Waals surface area contributed by atoms with Crippen molar-refractivity contribution in [1.82, 2.24) is 5.32 Å². The molecule has 3 nitrogen and oxygen atoms in total. The van der Waals surface area contributed by atoms with Crippen LogP contribution in [0, 0.1) is 6.92 Å². The van der Waals surface area contributed by atoms with Crippen molar-refractivity contribution in [2.45, 2.75) is 19.9 Å². The summed E-state index contributed by atoms with van der Waals surface area (Å²) in [5.74, 6) is -0.0607. The Kier molecular flexibility index (Phi) is 5.37. The molecule has 0 bridgehead atoms. The molecule has 2 aromatic carbocycles. The zero-order chi connectivity index (χ0) is 15.2. The molecule has 0 radical (unpaired) electrons. The number of carbonyl (C=O) groups excluding carboxylic acids is 1. The van der Waals surface area contributed by atoms with E-state index in [-0.39, 0.29) is 18.5 Å². The molecule has 0 aliphatic heterocycles. The number of hydrogen-bond donors (Lipinski definition) is 2. The van der Waals surface area contributed by atoms with Gasteiger partial charge in [-0.25, -0.2) is 0 Å². The summed E-state index contributed by atoms with van der Waals surface area (Å²) < 4.78 is 0. The highest BCUT2D eigenvalue weighted by Gasteiger charge is 2.08. The van der Waals surface area contributed by atoms with Crippen molar-refractivity contribution in [2.75, 3.05) is 11.9 Å². The predicted octanol–water partition coefficient (Wildman–Crippen LogP) is 3.94. The molecule has 0 heterocycles. The van der Waals surface area contributed by atoms with Gasteiger partial charge < -0.3 is 10.6 Å². The Labute approximate surface area is 130 Å². The Morgan fingerprint density at radius 3 is 2.67 bits per heavy atom. The van der Waals surface area contributed by atoms with Crippen molar-refractivity contribution >= 4 is 23.2 Å². The fourth-order valence-electron chi connectivity index (χ4n) is 2.07. The van der Waals surface area contributed by atoms with Crippen LogP contribution < -0.4 is 10.6 Å². The van der Waals surface area contributed by atoms with Gasteiger partial charge in [0, 0.05) is 16.8 Å². The van der Waals surface area contributed by atoms with Crippen LogP contribution >= 0.6 is 11.6 Å². The van der Waals surface area contributed by atoms with Crippen molar-refractivity contribution in [2.24, 2.45) is 0 Å². The minimum atomic E-state index is -0.0607. The summed E-state index contributed by atoms with van der Waals surface area (Å²) in [6.45, 7) is 4.25. The molecule has 1 amide bonds. The maximum Gasteiger partial charge on any atom is 0.238 e. The second kappa shape index (κ2) is 7.25. The van der Waals surface area contributed by atoms with Gasteiger partial charge >= 0.3 is 0 Å². The lowest BCUT2D eigenvalue weighted by atomic mass is 10.1. The first-order chi connectivity index (χ1) is 10.0. The molecule has 2 rings (SSSR count). The third-order valence-corrected chi connectivity index (χ3v) is 3.45. The Morgan fingerprint density at radius 1 is 1.19 bits per heavy atom. The molecule has 0 aromatic heterocycles. The number of rotatable bonds is 5. The number of halogens is 1. The van der Waals surface area contributed by atoms with Crippen molar-refractivity contribution in [3.63, 3.8) is 0 Å². The lowest BCUT2D eigenvalue weighted by Gasteiger charge is -2.14. The summed E-state index contributed by atoms with van der Waals surface area (Å²) in [6.07, 6.45) is 0. The van der Waals surface area contributed by atoms with Crippen LogP contribution in [0.1, 0.15) is 24.1 Å². The normalized spacial score (nSPS) is 12.0. The molecule has 2 N–H and O–H groups in total. The molecule has 4 heteroatoms. The van der Waals surface area contributed by atoms with Crippen LogP contribution in [0.3, 0.4) is 0 Å². The Morgan fingerprint density at radius 2 is 1.95 bits per heavy atom. The number of nitrogens with one attached hydrogen (secondary N) is 2. The minimum Gasteiger partial charge on any atom is -0.325 e. The standard InChI is InChI=1S/C17H19ClN2O/c1-12-5-3-8-16(9-12)20-17(21)11-19-13(2)14-6-4-7-15(18)10-14/h3-10,13,19H,11H2,1-2H3,(H,20,21)/t13-/m0/s1. The second-order valence-corrected chi connectivity index (χ2v) is 5.51. The zero-order valence-corrected chi connectivity index (χ0v) is 12.9. The van der Waals surface area contributed by atoms with E-state index in [4.69, 9.17) is 11.6 Å². The van der Waals surface area contributed by atoms with Crippen molar-refractivity contribution < 1.29 is 4.79 Å². The van der Waals surface area contributed by atoms with Crippen molar-refractivity contribution in [3.8, 4) is 0 Å². The van der Waals surface area contributed by atoms with Gasteiger partial charge in [0.25, 0.3) is 0 Å². The molecule has 0 aliphatic carbocycles. The van der Waals surface area contributed by atoms with Gasteiger partial charge in [0.2, 0.25) is 5.91 Å². The van der Waals surface area contributed by atoms with Crippen LogP contribution in [-0.4, -0.2) is 12.5 Å². The van der Waals surface area contributed by atoms with E-state index in [9.17, 15) is 4.79 Å². The SMILES string of the molecule is Cc1cccc(NC(=O)CN[C@@H](C)c2cccc(Cl)c2)c1. The van der Waals surface area contributed by atoms with E-state index >= 15 is 0 Å². The van der Waals surface area contributed by atoms with E-state index in [1.165, 1.54) is 0 Å². The Hall–Kier alpha value is -1.84. The number of anilines is 1. The smallest absolute Gasteiger partial charge is 0.238 e. The third kappa shape index (κ3) is 4.88. The quantitative estimate of drug-likeness (QED) is 0.878. The number of aryl methyl sites for hydroxylation is 1. The van der Waals surface area contributed by atoms with Crippen LogP contribution in [0.2, 0.25) is 5.02 Å². The molecule has 21 heavy (non-hydrogen) atoms. The van der Waals surface area contributed by atoms with Crippen LogP contribution in [0.4, 0.5) is 5.69 Å². The largest absolute Gasteiger partial charge is 0.325 e.